The second kappa shape index (κ2) is 6.85. The predicted octanol–water partition coefficient (Wildman–Crippen LogP) is 1.11. The van der Waals surface area contributed by atoms with Crippen molar-refractivity contribution in [3.8, 4) is 0 Å². The van der Waals surface area contributed by atoms with Crippen LogP contribution < -0.4 is 5.56 Å². The highest BCUT2D eigenvalue weighted by molar-refractivity contribution is 5.86. The summed E-state index contributed by atoms with van der Waals surface area (Å²) in [5.41, 5.74) is 0.848. The van der Waals surface area contributed by atoms with E-state index in [0.29, 0.717) is 19.5 Å². The smallest absolute Gasteiger partial charge is 0.267 e. The Bertz CT molecular complexity index is 785. The third-order valence-corrected chi connectivity index (χ3v) is 5.82. The van der Waals surface area contributed by atoms with Gasteiger partial charge >= 0.3 is 0 Å². The van der Waals surface area contributed by atoms with E-state index in [1.54, 1.807) is 4.90 Å². The average molecular weight is 360 g/mol. The van der Waals surface area contributed by atoms with Crippen LogP contribution in [0.15, 0.2) is 10.9 Å². The molecule has 1 unspecified atom stereocenters. The molecule has 142 valence electrons. The van der Waals surface area contributed by atoms with Crippen LogP contribution in [-0.2, 0) is 16.1 Å². The molecule has 1 aromatic heterocycles. The van der Waals surface area contributed by atoms with Crippen LogP contribution in [0.3, 0.4) is 0 Å². The van der Waals surface area contributed by atoms with Gasteiger partial charge in [-0.3, -0.25) is 14.4 Å². The Hall–Kier alpha value is -2.18. The number of rotatable bonds is 3. The summed E-state index contributed by atoms with van der Waals surface area (Å²) in [4.78, 5) is 41.4. The molecule has 2 amide bonds. The molecule has 0 aromatic carbocycles. The maximum atomic E-state index is 13.0. The normalized spacial score (nSPS) is 23.3. The molecule has 1 spiro atoms. The first-order chi connectivity index (χ1) is 12.2. The van der Waals surface area contributed by atoms with Crippen molar-refractivity contribution >= 4 is 11.8 Å². The van der Waals surface area contributed by atoms with Crippen LogP contribution in [0.2, 0.25) is 0 Å². The van der Waals surface area contributed by atoms with Gasteiger partial charge in [0.1, 0.15) is 6.54 Å². The number of aromatic nitrogens is 2. The lowest BCUT2D eigenvalue weighted by Gasteiger charge is -2.41. The van der Waals surface area contributed by atoms with Gasteiger partial charge in [0.2, 0.25) is 11.8 Å². The van der Waals surface area contributed by atoms with E-state index in [1.807, 2.05) is 32.6 Å². The first kappa shape index (κ1) is 18.6. The Balaban J connectivity index is 1.72. The highest BCUT2D eigenvalue weighted by Crippen LogP contribution is 2.40. The molecule has 0 N–H and O–H groups in total. The van der Waals surface area contributed by atoms with Crippen LogP contribution in [0, 0.1) is 19.3 Å². The molecule has 2 aliphatic heterocycles. The third kappa shape index (κ3) is 3.27. The van der Waals surface area contributed by atoms with E-state index in [9.17, 15) is 14.4 Å². The van der Waals surface area contributed by atoms with Gasteiger partial charge in [0.15, 0.2) is 0 Å². The van der Waals surface area contributed by atoms with Gasteiger partial charge in [-0.2, -0.15) is 5.10 Å². The number of likely N-dealkylation sites (tertiary alicyclic amines) is 2. The Morgan fingerprint density at radius 2 is 1.96 bits per heavy atom. The summed E-state index contributed by atoms with van der Waals surface area (Å²) in [6.07, 6.45) is 2.51. The summed E-state index contributed by atoms with van der Waals surface area (Å²) in [5, 5.41) is 4.22. The lowest BCUT2D eigenvalue weighted by atomic mass is 9.78. The molecular weight excluding hydrogens is 332 g/mol. The molecule has 3 rings (SSSR count). The Labute approximate surface area is 154 Å². The molecule has 7 heteroatoms. The van der Waals surface area contributed by atoms with Crippen LogP contribution in [0.1, 0.15) is 44.4 Å². The largest absolute Gasteiger partial charge is 0.340 e. The zero-order chi connectivity index (χ0) is 19.1. The summed E-state index contributed by atoms with van der Waals surface area (Å²) < 4.78 is 1.22. The second-order valence-electron chi connectivity index (χ2n) is 7.95. The molecule has 26 heavy (non-hydrogen) atoms. The first-order valence-electron chi connectivity index (χ1n) is 9.38. The number of piperidine rings is 1. The van der Waals surface area contributed by atoms with Crippen molar-refractivity contribution in [3.63, 3.8) is 0 Å². The molecule has 2 saturated heterocycles. The van der Waals surface area contributed by atoms with Gasteiger partial charge in [0.25, 0.3) is 5.56 Å². The maximum absolute atomic E-state index is 13.0. The summed E-state index contributed by atoms with van der Waals surface area (Å²) in [6.45, 7) is 9.46. The minimum atomic E-state index is -0.445. The molecule has 2 aliphatic rings. The van der Waals surface area contributed by atoms with Crippen molar-refractivity contribution in [2.24, 2.45) is 5.41 Å². The molecule has 2 fully saturated rings. The number of hydrogen-bond donors (Lipinski definition) is 0. The van der Waals surface area contributed by atoms with Gasteiger partial charge in [-0.1, -0.05) is 0 Å². The molecule has 1 aromatic rings. The second-order valence-corrected chi connectivity index (χ2v) is 7.95. The number of hydrogen-bond acceptors (Lipinski definition) is 4. The molecule has 0 aliphatic carbocycles. The minimum Gasteiger partial charge on any atom is -0.340 e. The van der Waals surface area contributed by atoms with Crippen LogP contribution in [0.4, 0.5) is 0 Å². The summed E-state index contributed by atoms with van der Waals surface area (Å²) >= 11 is 0. The number of carbonyl (C=O) groups is 2. The van der Waals surface area contributed by atoms with Crippen LogP contribution >= 0.6 is 0 Å². The number of carbonyl (C=O) groups excluding carboxylic acids is 2. The van der Waals surface area contributed by atoms with E-state index >= 15 is 0 Å². The van der Waals surface area contributed by atoms with Gasteiger partial charge in [-0.25, -0.2) is 4.68 Å². The van der Waals surface area contributed by atoms with Gasteiger partial charge in [-0.15, -0.1) is 0 Å². The first-order valence-corrected chi connectivity index (χ1v) is 9.38. The van der Waals surface area contributed by atoms with Crippen LogP contribution in [-0.4, -0.2) is 57.1 Å². The number of nitrogens with zero attached hydrogens (tertiary/aromatic N) is 4. The summed E-state index contributed by atoms with van der Waals surface area (Å²) in [7, 11) is 0. The van der Waals surface area contributed by atoms with Gasteiger partial charge < -0.3 is 9.80 Å². The third-order valence-electron chi connectivity index (χ3n) is 5.82. The molecule has 3 heterocycles. The topological polar surface area (TPSA) is 75.5 Å². The Kier molecular flexibility index (Phi) is 4.90. The standard InChI is InChI=1S/C19H28N4O3/c1-13(2)22-8-5-6-19(18(22)26)7-9-21(12-19)17(25)11-23-16(24)10-14(3)15(4)20-23/h10,13H,5-9,11-12H2,1-4H3. The van der Waals surface area contributed by atoms with E-state index in [-0.39, 0.29) is 30.0 Å². The van der Waals surface area contributed by atoms with Crippen molar-refractivity contribution in [3.05, 3.63) is 27.7 Å². The number of aryl methyl sites for hydroxylation is 2. The molecule has 1 atom stereocenters. The molecule has 0 bridgehead atoms. The summed E-state index contributed by atoms with van der Waals surface area (Å²) in [6, 6.07) is 1.69. The molecule has 0 radical (unpaired) electrons. The Morgan fingerprint density at radius 1 is 1.23 bits per heavy atom. The average Bonchev–Trinajstić information content (AvgIpc) is 3.00. The van der Waals surface area contributed by atoms with Crippen LogP contribution in [0.5, 0.6) is 0 Å². The quantitative estimate of drug-likeness (QED) is 0.809. The number of amides is 2. The minimum absolute atomic E-state index is 0.0713. The van der Waals surface area contributed by atoms with Gasteiger partial charge in [0.05, 0.1) is 11.1 Å². The highest BCUT2D eigenvalue weighted by Gasteiger charge is 2.49. The van der Waals surface area contributed by atoms with E-state index < -0.39 is 5.41 Å². The van der Waals surface area contributed by atoms with Crippen molar-refractivity contribution in [2.75, 3.05) is 19.6 Å². The van der Waals surface area contributed by atoms with Crippen molar-refractivity contribution in [1.29, 1.82) is 0 Å². The van der Waals surface area contributed by atoms with Gasteiger partial charge in [0, 0.05) is 31.7 Å². The molecular formula is C19H28N4O3. The fourth-order valence-corrected chi connectivity index (χ4v) is 4.07. The van der Waals surface area contributed by atoms with Gasteiger partial charge in [-0.05, 0) is 52.5 Å². The zero-order valence-electron chi connectivity index (χ0n) is 16.1. The fourth-order valence-electron chi connectivity index (χ4n) is 4.07. The Morgan fingerprint density at radius 3 is 2.65 bits per heavy atom. The van der Waals surface area contributed by atoms with Crippen molar-refractivity contribution in [2.45, 2.75) is 59.5 Å². The molecule has 7 nitrogen and oxygen atoms in total. The van der Waals surface area contributed by atoms with E-state index in [1.165, 1.54) is 10.7 Å². The summed E-state index contributed by atoms with van der Waals surface area (Å²) in [5.74, 6) is 0.0321. The van der Waals surface area contributed by atoms with Crippen LogP contribution in [0.25, 0.3) is 0 Å². The van der Waals surface area contributed by atoms with E-state index in [4.69, 9.17) is 0 Å². The lowest BCUT2D eigenvalue weighted by Crippen LogP contribution is -2.52. The lowest BCUT2D eigenvalue weighted by molar-refractivity contribution is -0.148. The van der Waals surface area contributed by atoms with E-state index in [0.717, 1.165) is 30.6 Å². The monoisotopic (exact) mass is 360 g/mol. The zero-order valence-corrected chi connectivity index (χ0v) is 16.1. The fraction of sp³-hybridized carbons (Fsp3) is 0.684. The molecule has 0 saturated carbocycles. The predicted molar refractivity (Wildman–Crippen MR) is 97.7 cm³/mol. The van der Waals surface area contributed by atoms with E-state index in [2.05, 4.69) is 5.10 Å². The van der Waals surface area contributed by atoms with Crippen molar-refractivity contribution < 1.29 is 9.59 Å². The van der Waals surface area contributed by atoms with Crippen molar-refractivity contribution in [1.82, 2.24) is 19.6 Å². The highest BCUT2D eigenvalue weighted by atomic mass is 16.2. The maximum Gasteiger partial charge on any atom is 0.267 e. The SMILES string of the molecule is Cc1cc(=O)n(CC(=O)N2CCC3(CCCN(C(C)C)C3=O)C2)nc1C.